The van der Waals surface area contributed by atoms with Crippen molar-refractivity contribution < 1.29 is 9.53 Å². The van der Waals surface area contributed by atoms with Crippen molar-refractivity contribution in [1.82, 2.24) is 0 Å². The molecule has 1 atom stereocenters. The molecule has 4 heteroatoms. The van der Waals surface area contributed by atoms with E-state index >= 15 is 0 Å². The molecule has 0 aromatic heterocycles. The summed E-state index contributed by atoms with van der Waals surface area (Å²) in [5, 5.41) is 0. The maximum absolute atomic E-state index is 12.5. The van der Waals surface area contributed by atoms with E-state index < -0.39 is 0 Å². The Morgan fingerprint density at radius 1 is 0.867 bits per heavy atom. The normalized spacial score (nSPS) is 14.9. The second-order valence-electron chi connectivity index (χ2n) is 7.66. The minimum Gasteiger partial charge on any atom is -0.449 e. The van der Waals surface area contributed by atoms with Gasteiger partial charge in [-0.2, -0.15) is 0 Å². The molecule has 0 amide bonds. The molecule has 1 aliphatic heterocycles. The van der Waals surface area contributed by atoms with Crippen molar-refractivity contribution >= 4 is 17.3 Å². The summed E-state index contributed by atoms with van der Waals surface area (Å²) in [6.45, 7) is 6.90. The number of benzene rings is 3. The number of hydrogen-bond donors (Lipinski definition) is 0. The van der Waals surface area contributed by atoms with Gasteiger partial charge < -0.3 is 14.5 Å². The van der Waals surface area contributed by atoms with Crippen LogP contribution in [0.1, 0.15) is 47.0 Å². The smallest absolute Gasteiger partial charge is 0.339 e. The Balaban J connectivity index is 1.54. The number of hydrogen-bond acceptors (Lipinski definition) is 4. The second kappa shape index (κ2) is 8.62. The average molecular weight is 401 g/mol. The summed E-state index contributed by atoms with van der Waals surface area (Å²) in [6, 6.07) is 24.8. The molecule has 0 saturated carbocycles. The molecule has 3 aromatic rings. The van der Waals surface area contributed by atoms with Crippen molar-refractivity contribution in [2.45, 2.75) is 26.5 Å². The number of fused-ring (bicyclic) bond motifs is 1. The van der Waals surface area contributed by atoms with Crippen molar-refractivity contribution in [2.75, 3.05) is 29.9 Å². The Morgan fingerprint density at radius 2 is 1.53 bits per heavy atom. The van der Waals surface area contributed by atoms with Gasteiger partial charge in [0.15, 0.2) is 6.10 Å². The van der Waals surface area contributed by atoms with Crippen LogP contribution >= 0.6 is 0 Å². The summed E-state index contributed by atoms with van der Waals surface area (Å²) in [7, 11) is 2.08. The third kappa shape index (κ3) is 3.90. The van der Waals surface area contributed by atoms with E-state index in [4.69, 9.17) is 4.74 Å². The van der Waals surface area contributed by atoms with Gasteiger partial charge in [-0.05, 0) is 49.2 Å². The molecule has 1 unspecified atom stereocenters. The molecule has 1 heterocycles. The number of rotatable bonds is 7. The van der Waals surface area contributed by atoms with E-state index in [9.17, 15) is 4.79 Å². The summed E-state index contributed by atoms with van der Waals surface area (Å²) in [5.74, 6) is -0.241. The first kappa shape index (κ1) is 20.0. The van der Waals surface area contributed by atoms with Gasteiger partial charge in [0.2, 0.25) is 0 Å². The molecule has 4 nitrogen and oxygen atoms in total. The van der Waals surface area contributed by atoms with Crippen molar-refractivity contribution in [2.24, 2.45) is 0 Å². The Labute approximate surface area is 178 Å². The third-order valence-electron chi connectivity index (χ3n) is 5.79. The zero-order valence-electron chi connectivity index (χ0n) is 17.8. The predicted molar refractivity (Wildman–Crippen MR) is 122 cm³/mol. The maximum Gasteiger partial charge on any atom is 0.339 e. The lowest BCUT2D eigenvalue weighted by molar-refractivity contribution is 0.0456. The molecule has 0 radical (unpaired) electrons. The number of cyclic esters (lactones) is 1. The number of nitrogens with zero attached hydrogens (tertiary/aromatic N) is 2. The lowest BCUT2D eigenvalue weighted by Crippen LogP contribution is -2.22. The topological polar surface area (TPSA) is 32.8 Å². The van der Waals surface area contributed by atoms with Crippen molar-refractivity contribution in [3.63, 3.8) is 0 Å². The van der Waals surface area contributed by atoms with E-state index in [1.165, 1.54) is 5.56 Å². The molecule has 0 fully saturated rings. The maximum atomic E-state index is 12.5. The summed E-state index contributed by atoms with van der Waals surface area (Å²) >= 11 is 0. The zero-order valence-corrected chi connectivity index (χ0v) is 17.8. The fraction of sp³-hybridized carbons (Fsp3) is 0.269. The molecule has 1 aliphatic rings. The Morgan fingerprint density at radius 3 is 2.20 bits per heavy atom. The lowest BCUT2D eigenvalue weighted by atomic mass is 9.98. The van der Waals surface area contributed by atoms with Gasteiger partial charge in [0.25, 0.3) is 0 Å². The van der Waals surface area contributed by atoms with Crippen molar-refractivity contribution in [3.8, 4) is 0 Å². The summed E-state index contributed by atoms with van der Waals surface area (Å²) in [6.07, 6.45) is -0.341. The monoisotopic (exact) mass is 400 g/mol. The predicted octanol–water partition coefficient (Wildman–Crippen LogP) is 5.43. The SMILES string of the molecule is CCN(CC)c1ccc2c(c1)C(=O)OC2c1ccc(N(C)Cc2ccccc2)cc1. The van der Waals surface area contributed by atoms with Gasteiger partial charge in [-0.1, -0.05) is 48.5 Å². The molecule has 4 rings (SSSR count). The van der Waals surface area contributed by atoms with Crippen molar-refractivity contribution in [1.29, 1.82) is 0 Å². The Hall–Kier alpha value is -3.27. The van der Waals surface area contributed by atoms with Gasteiger partial charge in [0.1, 0.15) is 0 Å². The van der Waals surface area contributed by atoms with Crippen LogP contribution in [0.2, 0.25) is 0 Å². The number of esters is 1. The standard InChI is InChI=1S/C26H28N2O2/c1-4-28(5-2)22-15-16-23-24(17-22)26(29)30-25(23)20-11-13-21(14-12-20)27(3)18-19-9-7-6-8-10-19/h6-17,25H,4-5,18H2,1-3H3. The first-order valence-electron chi connectivity index (χ1n) is 10.6. The van der Waals surface area contributed by atoms with E-state index in [0.29, 0.717) is 5.56 Å². The van der Waals surface area contributed by atoms with Crippen LogP contribution in [0.4, 0.5) is 11.4 Å². The quantitative estimate of drug-likeness (QED) is 0.495. The van der Waals surface area contributed by atoms with Crippen LogP contribution in [0.3, 0.4) is 0 Å². The number of ether oxygens (including phenoxy) is 1. The van der Waals surface area contributed by atoms with E-state index in [1.54, 1.807) is 0 Å². The fourth-order valence-corrected chi connectivity index (χ4v) is 4.07. The van der Waals surface area contributed by atoms with Gasteiger partial charge in [0.05, 0.1) is 5.56 Å². The minimum absolute atomic E-state index is 0.241. The van der Waals surface area contributed by atoms with Crippen LogP contribution in [0.25, 0.3) is 0 Å². The Bertz CT molecular complexity index is 1010. The highest BCUT2D eigenvalue weighted by atomic mass is 16.5. The first-order valence-corrected chi connectivity index (χ1v) is 10.6. The van der Waals surface area contributed by atoms with Crippen LogP contribution in [-0.4, -0.2) is 26.1 Å². The highest BCUT2D eigenvalue weighted by Crippen LogP contribution is 2.38. The van der Waals surface area contributed by atoms with E-state index in [-0.39, 0.29) is 12.1 Å². The Kier molecular flexibility index (Phi) is 5.75. The molecule has 0 aliphatic carbocycles. The van der Waals surface area contributed by atoms with Gasteiger partial charge in [0, 0.05) is 43.6 Å². The van der Waals surface area contributed by atoms with Gasteiger partial charge in [-0.15, -0.1) is 0 Å². The number of carbonyl (C=O) groups is 1. The van der Waals surface area contributed by atoms with Gasteiger partial charge in [-0.3, -0.25) is 0 Å². The van der Waals surface area contributed by atoms with E-state index in [0.717, 1.165) is 42.1 Å². The molecule has 0 saturated heterocycles. The van der Waals surface area contributed by atoms with Crippen LogP contribution in [0.15, 0.2) is 72.8 Å². The third-order valence-corrected chi connectivity index (χ3v) is 5.79. The highest BCUT2D eigenvalue weighted by Gasteiger charge is 2.32. The van der Waals surface area contributed by atoms with E-state index in [1.807, 2.05) is 18.2 Å². The molecular weight excluding hydrogens is 372 g/mol. The summed E-state index contributed by atoms with van der Waals surface area (Å²) < 4.78 is 5.74. The minimum atomic E-state index is -0.341. The van der Waals surface area contributed by atoms with Crippen molar-refractivity contribution in [3.05, 3.63) is 95.1 Å². The van der Waals surface area contributed by atoms with Crippen LogP contribution in [-0.2, 0) is 11.3 Å². The van der Waals surface area contributed by atoms with Gasteiger partial charge >= 0.3 is 5.97 Å². The largest absolute Gasteiger partial charge is 0.449 e. The van der Waals surface area contributed by atoms with E-state index in [2.05, 4.69) is 85.3 Å². The highest BCUT2D eigenvalue weighted by molar-refractivity contribution is 5.95. The molecule has 30 heavy (non-hydrogen) atoms. The summed E-state index contributed by atoms with van der Waals surface area (Å²) in [4.78, 5) is 17.0. The first-order chi connectivity index (χ1) is 14.6. The molecule has 3 aromatic carbocycles. The van der Waals surface area contributed by atoms with Crippen LogP contribution in [0, 0.1) is 0 Å². The molecular formula is C26H28N2O2. The number of carbonyl (C=O) groups excluding carboxylic acids is 1. The number of anilines is 2. The second-order valence-corrected chi connectivity index (χ2v) is 7.66. The fourth-order valence-electron chi connectivity index (χ4n) is 4.07. The molecule has 0 bridgehead atoms. The lowest BCUT2D eigenvalue weighted by Gasteiger charge is -2.22. The summed E-state index contributed by atoms with van der Waals surface area (Å²) in [5.41, 5.74) is 6.08. The molecule has 0 N–H and O–H groups in total. The van der Waals surface area contributed by atoms with Gasteiger partial charge in [-0.25, -0.2) is 4.79 Å². The molecule has 154 valence electrons. The molecule has 0 spiro atoms. The zero-order chi connectivity index (χ0) is 21.1. The van der Waals surface area contributed by atoms with Crippen LogP contribution < -0.4 is 9.80 Å². The van der Waals surface area contributed by atoms with Crippen LogP contribution in [0.5, 0.6) is 0 Å². The average Bonchev–Trinajstić information content (AvgIpc) is 3.11.